The highest BCUT2D eigenvalue weighted by Crippen LogP contribution is 2.74. The fourth-order valence-corrected chi connectivity index (χ4v) is 8.76. The molecule has 5 aliphatic carbocycles. The molecule has 1 heterocycles. The van der Waals surface area contributed by atoms with Crippen LogP contribution in [-0.2, 0) is 19.1 Å². The van der Waals surface area contributed by atoms with Crippen molar-refractivity contribution in [3.05, 3.63) is 11.6 Å². The van der Waals surface area contributed by atoms with Gasteiger partial charge >= 0.3 is 17.9 Å². The van der Waals surface area contributed by atoms with E-state index >= 15 is 0 Å². The number of aliphatic carboxylic acids is 1. The lowest BCUT2D eigenvalue weighted by Gasteiger charge is -2.68. The smallest absolute Gasteiger partial charge is 0.318 e. The number of allylic oxidation sites excluding steroid dienone is 2. The van der Waals surface area contributed by atoms with E-state index in [4.69, 9.17) is 4.74 Å². The van der Waals surface area contributed by atoms with Gasteiger partial charge in [-0.3, -0.25) is 14.4 Å². The maximum absolute atomic E-state index is 12.9. The molecule has 3 saturated carbocycles. The molecular weight excluding hydrogens is 368 g/mol. The second-order valence-electron chi connectivity index (χ2n) is 11.2. The van der Waals surface area contributed by atoms with Crippen LogP contribution in [0.4, 0.5) is 0 Å². The molecule has 1 aliphatic heterocycles. The third-order valence-corrected chi connectivity index (χ3v) is 9.89. The highest BCUT2D eigenvalue weighted by atomic mass is 16.6. The lowest BCUT2D eigenvalue weighted by atomic mass is 9.34. The van der Waals surface area contributed by atoms with E-state index in [1.165, 1.54) is 5.57 Å². The van der Waals surface area contributed by atoms with Crippen LogP contribution in [0.25, 0.3) is 0 Å². The molecule has 0 radical (unpaired) electrons. The van der Waals surface area contributed by atoms with Gasteiger partial charge in [-0.2, -0.15) is 0 Å². The summed E-state index contributed by atoms with van der Waals surface area (Å²) in [6, 6.07) is 0. The van der Waals surface area contributed by atoms with Gasteiger partial charge in [-0.15, -0.1) is 0 Å². The van der Waals surface area contributed by atoms with Gasteiger partial charge in [-0.1, -0.05) is 38.8 Å². The van der Waals surface area contributed by atoms with Crippen LogP contribution in [0.1, 0.15) is 66.2 Å². The van der Waals surface area contributed by atoms with Gasteiger partial charge in [0.1, 0.15) is 0 Å². The second-order valence-corrected chi connectivity index (χ2v) is 11.2. The highest BCUT2D eigenvalue weighted by Gasteiger charge is 2.73. The van der Waals surface area contributed by atoms with Gasteiger partial charge in [-0.05, 0) is 68.1 Å². The summed E-state index contributed by atoms with van der Waals surface area (Å²) in [5.74, 6) is -1.33. The molecule has 0 aromatic heterocycles. The minimum Gasteiger partial charge on any atom is -0.481 e. The highest BCUT2D eigenvalue weighted by molar-refractivity contribution is 5.98. The minimum atomic E-state index is -0.707. The van der Waals surface area contributed by atoms with Crippen LogP contribution in [-0.4, -0.2) is 23.0 Å². The van der Waals surface area contributed by atoms with Crippen molar-refractivity contribution in [1.29, 1.82) is 0 Å². The van der Waals surface area contributed by atoms with Crippen LogP contribution in [0, 0.1) is 51.8 Å². The Hall–Kier alpha value is -1.65. The molecule has 8 atom stereocenters. The summed E-state index contributed by atoms with van der Waals surface area (Å²) in [5.41, 5.74) is 0.122. The monoisotopic (exact) mass is 400 g/mol. The summed E-state index contributed by atoms with van der Waals surface area (Å²) in [6.07, 6.45) is 7.48. The lowest BCUT2D eigenvalue weighted by molar-refractivity contribution is -0.195. The van der Waals surface area contributed by atoms with E-state index in [1.54, 1.807) is 0 Å². The zero-order valence-electron chi connectivity index (χ0n) is 17.9. The van der Waals surface area contributed by atoms with E-state index in [1.807, 2.05) is 6.92 Å². The van der Waals surface area contributed by atoms with Crippen molar-refractivity contribution in [3.8, 4) is 0 Å². The predicted molar refractivity (Wildman–Crippen MR) is 105 cm³/mol. The fraction of sp³-hybridized carbons (Fsp3) is 0.792. The van der Waals surface area contributed by atoms with Gasteiger partial charge in [0.25, 0.3) is 0 Å². The zero-order chi connectivity index (χ0) is 20.9. The van der Waals surface area contributed by atoms with Crippen molar-refractivity contribution in [2.75, 3.05) is 0 Å². The van der Waals surface area contributed by atoms with E-state index in [2.05, 4.69) is 26.8 Å². The third-order valence-electron chi connectivity index (χ3n) is 9.89. The number of cyclic esters (lactones) is 2. The molecule has 158 valence electrons. The molecule has 5 heteroatoms. The average molecular weight is 401 g/mol. The van der Waals surface area contributed by atoms with E-state index in [9.17, 15) is 19.5 Å². The first-order valence-corrected chi connectivity index (χ1v) is 11.3. The number of carboxylic acids is 1. The molecule has 6 rings (SSSR count). The van der Waals surface area contributed by atoms with Crippen molar-refractivity contribution in [3.63, 3.8) is 0 Å². The van der Waals surface area contributed by atoms with Crippen molar-refractivity contribution >= 4 is 17.9 Å². The molecule has 0 amide bonds. The fourth-order valence-electron chi connectivity index (χ4n) is 8.76. The van der Waals surface area contributed by atoms with E-state index in [-0.39, 0.29) is 52.4 Å². The number of carboxylic acid groups (broad SMARTS) is 1. The van der Waals surface area contributed by atoms with Crippen molar-refractivity contribution in [2.45, 2.75) is 66.2 Å². The molecule has 1 spiro atoms. The molecule has 6 aliphatic rings. The predicted octanol–water partition coefficient (Wildman–Crippen LogP) is 4.21. The van der Waals surface area contributed by atoms with Crippen molar-refractivity contribution in [1.82, 2.24) is 0 Å². The van der Waals surface area contributed by atoms with Crippen LogP contribution in [0.5, 0.6) is 0 Å². The number of hydrogen-bond donors (Lipinski definition) is 1. The van der Waals surface area contributed by atoms with Crippen LogP contribution >= 0.6 is 0 Å². The SMILES string of the molecule is CC(C)C1=C[C@@]23CC[C@H]4[C@](C)(CCC[C@@]4(C)C(=O)O)[C@H]2C[C@H]1[C@H]1C(=O)OC(=O)[C@H]13. The summed E-state index contributed by atoms with van der Waals surface area (Å²) < 4.78 is 5.20. The number of hydrogen-bond acceptors (Lipinski definition) is 4. The molecule has 0 unspecified atom stereocenters. The number of rotatable bonds is 2. The molecule has 4 fully saturated rings. The summed E-state index contributed by atoms with van der Waals surface area (Å²) in [4.78, 5) is 37.8. The Morgan fingerprint density at radius 1 is 1.14 bits per heavy atom. The Balaban J connectivity index is 1.67. The first-order chi connectivity index (χ1) is 13.6. The molecule has 2 bridgehead atoms. The molecule has 0 aromatic carbocycles. The first-order valence-electron chi connectivity index (χ1n) is 11.3. The van der Waals surface area contributed by atoms with E-state index in [0.29, 0.717) is 5.92 Å². The zero-order valence-corrected chi connectivity index (χ0v) is 17.9. The number of fused-ring (bicyclic) bond motifs is 1. The maximum atomic E-state index is 12.9. The van der Waals surface area contributed by atoms with Crippen molar-refractivity contribution in [2.24, 2.45) is 51.8 Å². The van der Waals surface area contributed by atoms with Crippen molar-refractivity contribution < 1.29 is 24.2 Å². The molecule has 1 N–H and O–H groups in total. The second kappa shape index (κ2) is 5.73. The van der Waals surface area contributed by atoms with Gasteiger partial charge in [0.15, 0.2) is 0 Å². The van der Waals surface area contributed by atoms with Gasteiger partial charge in [0.05, 0.1) is 17.3 Å². The number of ether oxygens (including phenoxy) is 1. The number of carbonyl (C=O) groups excluding carboxylic acids is 2. The third kappa shape index (κ3) is 2.14. The van der Waals surface area contributed by atoms with E-state index in [0.717, 1.165) is 38.5 Å². The standard InChI is InChI=1S/C24H32O5/c1-12(2)14-11-24-9-6-15-22(3,7-5-8-23(15,4)21(27)28)16(24)10-13(14)17-18(24)20(26)29-19(17)25/h11-13,15-18H,5-10H2,1-4H3,(H,27,28)/t13-,15+,16-,17-,18+,22+,23-,24+/m1/s1. The van der Waals surface area contributed by atoms with Crippen LogP contribution < -0.4 is 0 Å². The summed E-state index contributed by atoms with van der Waals surface area (Å²) in [5, 5.41) is 10.1. The topological polar surface area (TPSA) is 80.7 Å². The summed E-state index contributed by atoms with van der Waals surface area (Å²) in [7, 11) is 0. The molecule has 29 heavy (non-hydrogen) atoms. The average Bonchev–Trinajstić information content (AvgIpc) is 2.97. The first kappa shape index (κ1) is 19.3. The normalized spacial score (nSPS) is 50.5. The Morgan fingerprint density at radius 2 is 1.86 bits per heavy atom. The Bertz CT molecular complexity index is 842. The van der Waals surface area contributed by atoms with Crippen LogP contribution in [0.2, 0.25) is 0 Å². The number of esters is 2. The number of carbonyl (C=O) groups is 3. The maximum Gasteiger partial charge on any atom is 0.318 e. The van der Waals surface area contributed by atoms with E-state index < -0.39 is 11.4 Å². The van der Waals surface area contributed by atoms with Gasteiger partial charge < -0.3 is 9.84 Å². The lowest BCUT2D eigenvalue weighted by Crippen LogP contribution is -2.65. The van der Waals surface area contributed by atoms with Gasteiger partial charge in [-0.25, -0.2) is 0 Å². The quantitative estimate of drug-likeness (QED) is 0.427. The summed E-state index contributed by atoms with van der Waals surface area (Å²) in [6.45, 7) is 8.56. The summed E-state index contributed by atoms with van der Waals surface area (Å²) >= 11 is 0. The Kier molecular flexibility index (Phi) is 3.82. The Morgan fingerprint density at radius 3 is 2.52 bits per heavy atom. The van der Waals surface area contributed by atoms with Crippen LogP contribution in [0.15, 0.2) is 11.6 Å². The van der Waals surface area contributed by atoms with Gasteiger partial charge in [0.2, 0.25) is 0 Å². The molecule has 5 nitrogen and oxygen atoms in total. The molecule has 0 aromatic rings. The van der Waals surface area contributed by atoms with Crippen LogP contribution in [0.3, 0.4) is 0 Å². The molecule has 1 saturated heterocycles. The molecular formula is C24H32O5. The minimum absolute atomic E-state index is 0.0550. The Labute approximate surface area is 172 Å². The largest absolute Gasteiger partial charge is 0.481 e. The van der Waals surface area contributed by atoms with Gasteiger partial charge in [0, 0.05) is 5.41 Å².